The smallest absolute Gasteiger partial charge is 0.416 e. The number of nitrogens with zero attached hydrogens (tertiary/aromatic N) is 5. The Labute approximate surface area is 261 Å². The molecule has 0 amide bonds. The van der Waals surface area contributed by atoms with Crippen molar-refractivity contribution in [1.29, 1.82) is 5.26 Å². The number of alkyl halides is 3. The zero-order chi connectivity index (χ0) is 34.4. The molecule has 0 saturated carbocycles. The topological polar surface area (TPSA) is 170 Å². The van der Waals surface area contributed by atoms with Gasteiger partial charge in [-0.3, -0.25) is 4.90 Å². The predicted molar refractivity (Wildman–Crippen MR) is 154 cm³/mol. The summed E-state index contributed by atoms with van der Waals surface area (Å²) in [6, 6.07) is 10.1. The fraction of sp³-hybridized carbons (Fsp3) is 0.333. The second kappa shape index (κ2) is 14.1. The number of anilines is 2. The number of fused-ring (bicyclic) bond motifs is 1. The molecular weight excluding hydrogens is 613 g/mol. The van der Waals surface area contributed by atoms with E-state index in [1.807, 2.05) is 0 Å². The number of ether oxygens (including phenoxy) is 2. The molecule has 1 aliphatic heterocycles. The molecule has 0 aliphatic carbocycles. The molecule has 0 fully saturated rings. The van der Waals surface area contributed by atoms with Crippen molar-refractivity contribution in [2.24, 2.45) is 0 Å². The second-order valence-corrected chi connectivity index (χ2v) is 10.7. The number of H-pyrrole nitrogens is 1. The van der Waals surface area contributed by atoms with E-state index < -0.39 is 41.9 Å². The number of halogens is 3. The number of hydrogen-bond donors (Lipinski definition) is 1. The zero-order valence-corrected chi connectivity index (χ0v) is 25.5. The van der Waals surface area contributed by atoms with E-state index in [9.17, 15) is 32.8 Å². The Hall–Kier alpha value is -5.43. The summed E-state index contributed by atoms with van der Waals surface area (Å²) in [4.78, 5) is 48.5. The van der Waals surface area contributed by atoms with E-state index in [0.29, 0.717) is 16.7 Å². The third-order valence-electron chi connectivity index (χ3n) is 7.01. The first-order valence-electron chi connectivity index (χ1n) is 13.6. The van der Waals surface area contributed by atoms with Gasteiger partial charge in [-0.15, -0.1) is 5.10 Å². The van der Waals surface area contributed by atoms with Crippen molar-refractivity contribution in [3.63, 3.8) is 0 Å². The van der Waals surface area contributed by atoms with E-state index >= 15 is 0 Å². The lowest BCUT2D eigenvalue weighted by atomic mass is 9.89. The Balaban J connectivity index is 0.00000185. The van der Waals surface area contributed by atoms with E-state index in [1.54, 1.807) is 33.2 Å². The van der Waals surface area contributed by atoms with Crippen LogP contribution in [-0.2, 0) is 36.6 Å². The molecule has 244 valence electrons. The number of nitriles is 1. The number of carbonyl (C=O) groups is 3. The quantitative estimate of drug-likeness (QED) is 0.218. The van der Waals surface area contributed by atoms with Crippen molar-refractivity contribution in [2.75, 3.05) is 39.3 Å². The molecule has 1 aliphatic rings. The number of aromatic amines is 1. The van der Waals surface area contributed by atoms with Crippen LogP contribution in [0, 0.1) is 11.3 Å². The lowest BCUT2D eigenvalue weighted by Crippen LogP contribution is -2.44. The maximum absolute atomic E-state index is 13.6. The van der Waals surface area contributed by atoms with Crippen LogP contribution in [0.4, 0.5) is 24.8 Å². The van der Waals surface area contributed by atoms with Crippen LogP contribution in [0.15, 0.2) is 58.5 Å². The van der Waals surface area contributed by atoms with Crippen LogP contribution in [-0.4, -0.2) is 72.0 Å². The molecule has 1 N–H and O–H groups in total. The molecular formula is C30H31F3N6O7. The normalized spacial score (nSPS) is 14.4. The van der Waals surface area contributed by atoms with Crippen LogP contribution in [0.1, 0.15) is 42.1 Å². The Morgan fingerprint density at radius 2 is 1.89 bits per heavy atom. The van der Waals surface area contributed by atoms with Crippen molar-refractivity contribution < 1.29 is 46.6 Å². The fourth-order valence-electron chi connectivity index (χ4n) is 5.23. The molecule has 0 radical (unpaired) electrons. The molecule has 13 nitrogen and oxygen atoms in total. The molecule has 1 aromatic heterocycles. The van der Waals surface area contributed by atoms with Gasteiger partial charge in [0.25, 0.3) is 0 Å². The Bertz CT molecular complexity index is 1750. The maximum atomic E-state index is 13.6. The number of methoxy groups -OCH3 is 1. The molecule has 2 aromatic carbocycles. The highest BCUT2D eigenvalue weighted by molar-refractivity contribution is 5.93. The summed E-state index contributed by atoms with van der Waals surface area (Å²) in [5.41, 5.74) is -0.227. The maximum Gasteiger partial charge on any atom is 0.416 e. The lowest BCUT2D eigenvalue weighted by molar-refractivity contribution is -0.896. The number of hydrogen-bond acceptors (Lipinski definition) is 10. The Morgan fingerprint density at radius 1 is 1.22 bits per heavy atom. The van der Waals surface area contributed by atoms with Crippen LogP contribution in [0.2, 0.25) is 0 Å². The molecule has 0 unspecified atom stereocenters. The minimum Gasteiger partial charge on any atom is -0.554 e. The molecule has 4 rings (SSSR count). The molecule has 16 heteroatoms. The van der Waals surface area contributed by atoms with Crippen LogP contribution in [0.5, 0.6) is 0 Å². The van der Waals surface area contributed by atoms with Crippen molar-refractivity contribution in [2.45, 2.75) is 32.6 Å². The van der Waals surface area contributed by atoms with E-state index in [-0.39, 0.29) is 47.1 Å². The van der Waals surface area contributed by atoms with E-state index in [0.717, 1.165) is 23.8 Å². The number of esters is 2. The number of carboxylic acid groups (broad SMARTS) is 1. The molecule has 3 aromatic rings. The predicted octanol–water partition coefficient (Wildman–Crippen LogP) is 2.16. The standard InChI is InChI=1S/C29H29F3N6O5.CH2O2/c1-6-43-23(39)16-38(3,4)15-19-12-18(14-33)10-11-22(19)25-24(26(40)42-5)17(2)36(27-34-35-28(41)37(25)27)21-9-7-8-20(13-21)29(30,31)32;2-1-3/h7-13,25H,6,15-16H2,1-5H3;1H,(H,2,3)/t25-;/m1./s1. The third kappa shape index (κ3) is 7.44. The molecule has 2 heterocycles. The third-order valence-corrected chi connectivity index (χ3v) is 7.01. The van der Waals surface area contributed by atoms with Gasteiger partial charge < -0.3 is 23.9 Å². The number of benzene rings is 2. The number of carbonyl (C=O) groups excluding carboxylic acids is 3. The highest BCUT2D eigenvalue weighted by Crippen LogP contribution is 2.43. The molecule has 46 heavy (non-hydrogen) atoms. The van der Waals surface area contributed by atoms with E-state index in [4.69, 9.17) is 19.4 Å². The number of nitrogens with one attached hydrogen (secondary N) is 1. The number of aromatic nitrogens is 3. The van der Waals surface area contributed by atoms with Gasteiger partial charge in [-0.05, 0) is 49.7 Å². The highest BCUT2D eigenvalue weighted by Gasteiger charge is 2.41. The van der Waals surface area contributed by atoms with Gasteiger partial charge in [0, 0.05) is 23.4 Å². The fourth-order valence-corrected chi connectivity index (χ4v) is 5.23. The SMILES string of the molecule is CCOC(=O)C[N+](C)(C)Cc1cc(C#N)ccc1[C@@H]1C(C(=O)OC)=C(C)N(c2cccc(C(F)(F)F)c2)c2n[nH]c(=O)n21.O=C[O-]. The van der Waals surface area contributed by atoms with Gasteiger partial charge in [-0.1, -0.05) is 12.1 Å². The van der Waals surface area contributed by atoms with Gasteiger partial charge in [-0.2, -0.15) is 18.4 Å². The van der Waals surface area contributed by atoms with Crippen molar-refractivity contribution >= 4 is 30.0 Å². The van der Waals surface area contributed by atoms with Gasteiger partial charge in [0.1, 0.15) is 12.6 Å². The summed E-state index contributed by atoms with van der Waals surface area (Å²) < 4.78 is 52.3. The van der Waals surface area contributed by atoms with Crippen molar-refractivity contribution in [3.8, 4) is 6.07 Å². The summed E-state index contributed by atoms with van der Waals surface area (Å²) in [5, 5.41) is 24.4. The average molecular weight is 645 g/mol. The summed E-state index contributed by atoms with van der Waals surface area (Å²) >= 11 is 0. The van der Waals surface area contributed by atoms with E-state index in [2.05, 4.69) is 16.3 Å². The van der Waals surface area contributed by atoms with Crippen molar-refractivity contribution in [3.05, 3.63) is 86.5 Å². The van der Waals surface area contributed by atoms with Gasteiger partial charge >= 0.3 is 23.8 Å². The monoisotopic (exact) mass is 644 g/mol. The average Bonchev–Trinajstić information content (AvgIpc) is 3.36. The Morgan fingerprint density at radius 3 is 2.48 bits per heavy atom. The molecule has 1 atom stereocenters. The van der Waals surface area contributed by atoms with Gasteiger partial charge in [0.2, 0.25) is 5.95 Å². The second-order valence-electron chi connectivity index (χ2n) is 10.7. The summed E-state index contributed by atoms with van der Waals surface area (Å²) in [7, 11) is 4.72. The lowest BCUT2D eigenvalue weighted by Gasteiger charge is -2.37. The van der Waals surface area contributed by atoms with E-state index in [1.165, 1.54) is 30.0 Å². The summed E-state index contributed by atoms with van der Waals surface area (Å²) in [6.07, 6.45) is -4.64. The number of rotatable bonds is 8. The van der Waals surface area contributed by atoms with Crippen LogP contribution >= 0.6 is 0 Å². The van der Waals surface area contributed by atoms with Gasteiger partial charge in [0.05, 0.1) is 50.6 Å². The molecule has 0 bridgehead atoms. The van der Waals surface area contributed by atoms with Gasteiger partial charge in [-0.25, -0.2) is 24.0 Å². The van der Waals surface area contributed by atoms with Gasteiger partial charge in [0.15, 0.2) is 6.54 Å². The zero-order valence-electron chi connectivity index (χ0n) is 25.5. The van der Waals surface area contributed by atoms with Crippen LogP contribution in [0.3, 0.4) is 0 Å². The molecule has 0 spiro atoms. The minimum absolute atomic E-state index is 0.00626. The highest BCUT2D eigenvalue weighted by atomic mass is 19.4. The summed E-state index contributed by atoms with van der Waals surface area (Å²) in [6.45, 7) is 3.10. The first kappa shape index (κ1) is 35.1. The number of quaternary nitrogens is 1. The largest absolute Gasteiger partial charge is 0.554 e. The summed E-state index contributed by atoms with van der Waals surface area (Å²) in [5.74, 6) is -1.32. The number of allylic oxidation sites excluding steroid dienone is 1. The first-order chi connectivity index (χ1) is 21.6. The first-order valence-corrected chi connectivity index (χ1v) is 13.6. The number of likely N-dealkylation sites (N-methyl/N-ethyl adjacent to an activating group) is 1. The molecule has 0 saturated heterocycles. The van der Waals surface area contributed by atoms with Crippen LogP contribution < -0.4 is 15.7 Å². The minimum atomic E-state index is -4.64. The Kier molecular flexibility index (Phi) is 10.8. The van der Waals surface area contributed by atoms with Crippen molar-refractivity contribution in [1.82, 2.24) is 14.8 Å². The van der Waals surface area contributed by atoms with Crippen LogP contribution in [0.25, 0.3) is 0 Å².